The molecule has 2 rings (SSSR count). The monoisotopic (exact) mass is 240 g/mol. The molecule has 0 amide bonds. The Hall–Kier alpha value is -2.22. The van der Waals surface area contributed by atoms with Gasteiger partial charge in [0.1, 0.15) is 11.5 Å². The zero-order valence-corrected chi connectivity index (χ0v) is 10.6. The van der Waals surface area contributed by atoms with E-state index in [2.05, 4.69) is 0 Å². The maximum absolute atomic E-state index is 5.31. The molecule has 2 aromatic rings. The van der Waals surface area contributed by atoms with Gasteiger partial charge in [0.15, 0.2) is 0 Å². The van der Waals surface area contributed by atoms with Gasteiger partial charge in [0, 0.05) is 11.1 Å². The van der Waals surface area contributed by atoms with E-state index in [4.69, 9.17) is 9.47 Å². The smallest absolute Gasteiger partial charge is 0.126 e. The zero-order valence-electron chi connectivity index (χ0n) is 10.6. The fraction of sp³-hybridized carbons (Fsp3) is 0.125. The maximum Gasteiger partial charge on any atom is 0.126 e. The molecule has 0 aliphatic carbocycles. The molecule has 0 aromatic heterocycles. The lowest BCUT2D eigenvalue weighted by molar-refractivity contribution is 0.413. The van der Waals surface area contributed by atoms with Crippen molar-refractivity contribution in [3.63, 3.8) is 0 Å². The summed E-state index contributed by atoms with van der Waals surface area (Å²) in [7, 11) is 3.35. The lowest BCUT2D eigenvalue weighted by Crippen LogP contribution is -1.87. The first-order valence-electron chi connectivity index (χ1n) is 5.79. The minimum Gasteiger partial charge on any atom is -0.496 e. The van der Waals surface area contributed by atoms with Crippen molar-refractivity contribution in [3.05, 3.63) is 59.7 Å². The minimum absolute atomic E-state index is 0.864. The third-order valence-corrected chi connectivity index (χ3v) is 2.72. The quantitative estimate of drug-likeness (QED) is 0.755. The Bertz CT molecular complexity index is 495. The molecule has 18 heavy (non-hydrogen) atoms. The summed E-state index contributed by atoms with van der Waals surface area (Å²) in [6, 6.07) is 15.8. The highest BCUT2D eigenvalue weighted by molar-refractivity contribution is 5.74. The van der Waals surface area contributed by atoms with Gasteiger partial charge in [-0.05, 0) is 12.1 Å². The summed E-state index contributed by atoms with van der Waals surface area (Å²) < 4.78 is 10.6. The first-order valence-corrected chi connectivity index (χ1v) is 5.79. The molecule has 2 heteroatoms. The van der Waals surface area contributed by atoms with E-state index in [0.717, 1.165) is 22.6 Å². The van der Waals surface area contributed by atoms with Gasteiger partial charge in [0.25, 0.3) is 0 Å². The molecule has 0 atom stereocenters. The van der Waals surface area contributed by atoms with Crippen LogP contribution in [0.2, 0.25) is 0 Å². The van der Waals surface area contributed by atoms with Crippen molar-refractivity contribution >= 4 is 12.2 Å². The molecule has 0 radical (unpaired) electrons. The molecular formula is C16H16O2. The topological polar surface area (TPSA) is 18.5 Å². The third kappa shape index (κ3) is 2.72. The van der Waals surface area contributed by atoms with Gasteiger partial charge in [-0.15, -0.1) is 0 Å². The molecule has 0 aliphatic heterocycles. The fourth-order valence-corrected chi connectivity index (χ4v) is 1.79. The standard InChI is InChI=1S/C16H16O2/c1-17-15-9-5-3-7-13(15)11-12-14-8-4-6-10-16(14)18-2/h3-12H,1-2H3/b12-11+. The predicted molar refractivity (Wildman–Crippen MR) is 74.9 cm³/mol. The number of hydrogen-bond donors (Lipinski definition) is 0. The van der Waals surface area contributed by atoms with Gasteiger partial charge in [0.05, 0.1) is 14.2 Å². The van der Waals surface area contributed by atoms with Crippen molar-refractivity contribution in [1.82, 2.24) is 0 Å². The van der Waals surface area contributed by atoms with Crippen LogP contribution in [0.3, 0.4) is 0 Å². The van der Waals surface area contributed by atoms with Crippen molar-refractivity contribution in [2.45, 2.75) is 0 Å². The average molecular weight is 240 g/mol. The van der Waals surface area contributed by atoms with Crippen LogP contribution >= 0.6 is 0 Å². The van der Waals surface area contributed by atoms with Crippen LogP contribution in [0.4, 0.5) is 0 Å². The Morgan fingerprint density at radius 1 is 0.667 bits per heavy atom. The van der Waals surface area contributed by atoms with E-state index in [0.29, 0.717) is 0 Å². The first-order chi connectivity index (χ1) is 8.85. The molecule has 0 heterocycles. The van der Waals surface area contributed by atoms with Gasteiger partial charge in [-0.25, -0.2) is 0 Å². The first kappa shape index (κ1) is 12.2. The molecule has 0 fully saturated rings. The molecule has 2 aromatic carbocycles. The summed E-state index contributed by atoms with van der Waals surface area (Å²) in [6.45, 7) is 0. The Morgan fingerprint density at radius 3 is 1.44 bits per heavy atom. The van der Waals surface area contributed by atoms with Crippen LogP contribution in [0.25, 0.3) is 12.2 Å². The van der Waals surface area contributed by atoms with E-state index >= 15 is 0 Å². The van der Waals surface area contributed by atoms with Gasteiger partial charge in [-0.3, -0.25) is 0 Å². The molecule has 0 saturated carbocycles. The molecule has 0 spiro atoms. The van der Waals surface area contributed by atoms with E-state index in [1.54, 1.807) is 14.2 Å². The molecule has 2 nitrogen and oxygen atoms in total. The zero-order chi connectivity index (χ0) is 12.8. The van der Waals surface area contributed by atoms with Crippen molar-refractivity contribution in [2.75, 3.05) is 14.2 Å². The number of benzene rings is 2. The van der Waals surface area contributed by atoms with Crippen molar-refractivity contribution < 1.29 is 9.47 Å². The molecule has 92 valence electrons. The van der Waals surface area contributed by atoms with Gasteiger partial charge in [-0.2, -0.15) is 0 Å². The predicted octanol–water partition coefficient (Wildman–Crippen LogP) is 3.87. The summed E-state index contributed by atoms with van der Waals surface area (Å²) in [5, 5.41) is 0. The Morgan fingerprint density at radius 2 is 1.06 bits per heavy atom. The van der Waals surface area contributed by atoms with Gasteiger partial charge < -0.3 is 9.47 Å². The van der Waals surface area contributed by atoms with Crippen molar-refractivity contribution in [1.29, 1.82) is 0 Å². The van der Waals surface area contributed by atoms with Crippen LogP contribution in [-0.4, -0.2) is 14.2 Å². The van der Waals surface area contributed by atoms with E-state index in [-0.39, 0.29) is 0 Å². The van der Waals surface area contributed by atoms with Gasteiger partial charge in [-0.1, -0.05) is 48.6 Å². The second-order valence-electron chi connectivity index (χ2n) is 3.82. The largest absolute Gasteiger partial charge is 0.496 e. The Kier molecular flexibility index (Phi) is 4.02. The second kappa shape index (κ2) is 5.92. The maximum atomic E-state index is 5.31. The Labute approximate surface area is 107 Å². The number of hydrogen-bond acceptors (Lipinski definition) is 2. The van der Waals surface area contributed by atoms with E-state index < -0.39 is 0 Å². The number of methoxy groups -OCH3 is 2. The van der Waals surface area contributed by atoms with E-state index in [1.165, 1.54) is 0 Å². The Balaban J connectivity index is 2.30. The lowest BCUT2D eigenvalue weighted by atomic mass is 10.1. The minimum atomic E-state index is 0.864. The van der Waals surface area contributed by atoms with Crippen LogP contribution in [0.1, 0.15) is 11.1 Å². The summed E-state index contributed by atoms with van der Waals surface area (Å²) >= 11 is 0. The highest BCUT2D eigenvalue weighted by Crippen LogP contribution is 2.23. The highest BCUT2D eigenvalue weighted by Gasteiger charge is 1.99. The molecule has 0 saturated heterocycles. The lowest BCUT2D eigenvalue weighted by Gasteiger charge is -2.05. The normalized spacial score (nSPS) is 10.6. The number of rotatable bonds is 4. The summed E-state index contributed by atoms with van der Waals surface area (Å²) in [4.78, 5) is 0. The fourth-order valence-electron chi connectivity index (χ4n) is 1.79. The van der Waals surface area contributed by atoms with E-state index in [9.17, 15) is 0 Å². The third-order valence-electron chi connectivity index (χ3n) is 2.72. The van der Waals surface area contributed by atoms with E-state index in [1.807, 2.05) is 60.7 Å². The molecular weight excluding hydrogens is 224 g/mol. The van der Waals surface area contributed by atoms with Crippen molar-refractivity contribution in [3.8, 4) is 11.5 Å². The highest BCUT2D eigenvalue weighted by atomic mass is 16.5. The SMILES string of the molecule is COc1ccccc1/C=C/c1ccccc1OC. The number of ether oxygens (including phenoxy) is 2. The summed E-state index contributed by atoms with van der Waals surface area (Å²) in [6.07, 6.45) is 4.05. The number of para-hydroxylation sites is 2. The van der Waals surface area contributed by atoms with Crippen LogP contribution < -0.4 is 9.47 Å². The van der Waals surface area contributed by atoms with Gasteiger partial charge >= 0.3 is 0 Å². The summed E-state index contributed by atoms with van der Waals surface area (Å²) in [5.41, 5.74) is 2.09. The van der Waals surface area contributed by atoms with Crippen LogP contribution in [0.15, 0.2) is 48.5 Å². The second-order valence-corrected chi connectivity index (χ2v) is 3.82. The molecule has 0 aliphatic rings. The molecule has 0 N–H and O–H groups in total. The summed E-state index contributed by atoms with van der Waals surface area (Å²) in [5.74, 6) is 1.73. The molecule has 0 bridgehead atoms. The average Bonchev–Trinajstić information content (AvgIpc) is 2.45. The van der Waals surface area contributed by atoms with Crippen molar-refractivity contribution in [2.24, 2.45) is 0 Å². The molecule has 0 unspecified atom stereocenters. The van der Waals surface area contributed by atoms with Crippen LogP contribution in [0.5, 0.6) is 11.5 Å². The van der Waals surface area contributed by atoms with Crippen LogP contribution in [-0.2, 0) is 0 Å². The van der Waals surface area contributed by atoms with Crippen LogP contribution in [0, 0.1) is 0 Å². The van der Waals surface area contributed by atoms with Gasteiger partial charge in [0.2, 0.25) is 0 Å².